The quantitative estimate of drug-likeness (QED) is 0.588. The van der Waals surface area contributed by atoms with E-state index in [-0.39, 0.29) is 0 Å². The van der Waals surface area contributed by atoms with Crippen molar-refractivity contribution in [1.29, 1.82) is 0 Å². The molecule has 3 aromatic rings. The van der Waals surface area contributed by atoms with Gasteiger partial charge in [0.1, 0.15) is 12.4 Å². The van der Waals surface area contributed by atoms with Gasteiger partial charge in [-0.25, -0.2) is 0 Å². The summed E-state index contributed by atoms with van der Waals surface area (Å²) in [6.07, 6.45) is 1.01. The lowest BCUT2D eigenvalue weighted by Gasteiger charge is -2.08. The summed E-state index contributed by atoms with van der Waals surface area (Å²) in [5.41, 5.74) is 3.16. The molecule has 0 aliphatic carbocycles. The van der Waals surface area contributed by atoms with E-state index >= 15 is 0 Å². The predicted octanol–water partition coefficient (Wildman–Crippen LogP) is 3.94. The number of hydrogen-bond donors (Lipinski definition) is 1. The Morgan fingerprint density at radius 3 is 2.69 bits per heavy atom. The molecule has 1 heterocycles. The second kappa shape index (κ2) is 9.01. The third-order valence-corrected chi connectivity index (χ3v) is 3.92. The van der Waals surface area contributed by atoms with Crippen LogP contribution in [0.3, 0.4) is 0 Å². The van der Waals surface area contributed by atoms with Crippen LogP contribution < -0.4 is 10.1 Å². The number of hydrogen-bond acceptors (Lipinski definition) is 6. The second-order valence-corrected chi connectivity index (χ2v) is 5.78. The van der Waals surface area contributed by atoms with E-state index in [0.29, 0.717) is 31.5 Å². The molecule has 0 fully saturated rings. The number of methoxy groups -OCH3 is 1. The Morgan fingerprint density at radius 1 is 1.08 bits per heavy atom. The molecule has 0 spiro atoms. The van der Waals surface area contributed by atoms with Gasteiger partial charge in [-0.05, 0) is 24.1 Å². The summed E-state index contributed by atoms with van der Waals surface area (Å²) in [7, 11) is 1.65. The van der Waals surface area contributed by atoms with E-state index in [1.165, 1.54) is 5.56 Å². The molecule has 0 unspecified atom stereocenters. The van der Waals surface area contributed by atoms with Gasteiger partial charge >= 0.3 is 0 Å². The van der Waals surface area contributed by atoms with E-state index in [4.69, 9.17) is 14.0 Å². The number of anilines is 1. The number of nitrogens with one attached hydrogen (secondary N) is 1. The SMILES string of the molecule is CCc1ccc(-c2noc(CNc3cccc(OCCOC)c3)n2)cc1. The van der Waals surface area contributed by atoms with Gasteiger partial charge in [0, 0.05) is 24.4 Å². The highest BCUT2D eigenvalue weighted by atomic mass is 16.5. The van der Waals surface area contributed by atoms with Crippen molar-refractivity contribution in [2.24, 2.45) is 0 Å². The summed E-state index contributed by atoms with van der Waals surface area (Å²) >= 11 is 0. The van der Waals surface area contributed by atoms with Gasteiger partial charge < -0.3 is 19.3 Å². The van der Waals surface area contributed by atoms with Crippen LogP contribution in [0.2, 0.25) is 0 Å². The Balaban J connectivity index is 1.58. The molecule has 2 aromatic carbocycles. The van der Waals surface area contributed by atoms with E-state index in [1.54, 1.807) is 7.11 Å². The van der Waals surface area contributed by atoms with Crippen LogP contribution >= 0.6 is 0 Å². The number of aryl methyl sites for hydroxylation is 1. The zero-order valence-electron chi connectivity index (χ0n) is 15.1. The number of rotatable bonds is 9. The molecule has 1 N–H and O–H groups in total. The van der Waals surface area contributed by atoms with Gasteiger partial charge in [0.25, 0.3) is 0 Å². The molecule has 136 valence electrons. The average molecular weight is 353 g/mol. The summed E-state index contributed by atoms with van der Waals surface area (Å²) in [5.74, 6) is 1.92. The molecule has 0 radical (unpaired) electrons. The largest absolute Gasteiger partial charge is 0.491 e. The molecular formula is C20H23N3O3. The molecule has 0 atom stereocenters. The van der Waals surface area contributed by atoms with Gasteiger partial charge in [-0.3, -0.25) is 0 Å². The molecule has 3 rings (SSSR count). The van der Waals surface area contributed by atoms with E-state index in [0.717, 1.165) is 23.4 Å². The summed E-state index contributed by atoms with van der Waals surface area (Å²) < 4.78 is 15.9. The standard InChI is InChI=1S/C20H23N3O3/c1-3-15-7-9-16(10-8-15)20-22-19(26-23-20)14-21-17-5-4-6-18(13-17)25-12-11-24-2/h4-10,13,21H,3,11-12,14H2,1-2H3. The maximum absolute atomic E-state index is 5.60. The first-order valence-corrected chi connectivity index (χ1v) is 8.66. The van der Waals surface area contributed by atoms with Crippen LogP contribution in [-0.4, -0.2) is 30.5 Å². The van der Waals surface area contributed by atoms with Crippen LogP contribution in [0.4, 0.5) is 5.69 Å². The van der Waals surface area contributed by atoms with Crippen molar-refractivity contribution < 1.29 is 14.0 Å². The van der Waals surface area contributed by atoms with E-state index in [2.05, 4.69) is 34.5 Å². The zero-order valence-corrected chi connectivity index (χ0v) is 15.1. The first-order chi connectivity index (χ1) is 12.8. The first-order valence-electron chi connectivity index (χ1n) is 8.66. The normalized spacial score (nSPS) is 10.7. The minimum absolute atomic E-state index is 0.446. The highest BCUT2D eigenvalue weighted by molar-refractivity contribution is 5.54. The Kier molecular flexibility index (Phi) is 6.22. The fraction of sp³-hybridized carbons (Fsp3) is 0.300. The first kappa shape index (κ1) is 17.9. The molecular weight excluding hydrogens is 330 g/mol. The Morgan fingerprint density at radius 2 is 1.92 bits per heavy atom. The number of ether oxygens (including phenoxy) is 2. The van der Waals surface area contributed by atoms with Gasteiger partial charge in [0.15, 0.2) is 0 Å². The summed E-state index contributed by atoms with van der Waals surface area (Å²) in [4.78, 5) is 4.45. The van der Waals surface area contributed by atoms with Gasteiger partial charge in [-0.15, -0.1) is 0 Å². The topological polar surface area (TPSA) is 69.4 Å². The smallest absolute Gasteiger partial charge is 0.246 e. The van der Waals surface area contributed by atoms with Crippen molar-refractivity contribution in [2.75, 3.05) is 25.6 Å². The van der Waals surface area contributed by atoms with Crippen LogP contribution in [0.5, 0.6) is 5.75 Å². The van der Waals surface area contributed by atoms with Gasteiger partial charge in [0.2, 0.25) is 11.7 Å². The van der Waals surface area contributed by atoms with Crippen molar-refractivity contribution >= 4 is 5.69 Å². The number of aromatic nitrogens is 2. The molecule has 0 saturated carbocycles. The van der Waals surface area contributed by atoms with Gasteiger partial charge in [-0.2, -0.15) is 4.98 Å². The second-order valence-electron chi connectivity index (χ2n) is 5.78. The highest BCUT2D eigenvalue weighted by Crippen LogP contribution is 2.19. The molecule has 0 amide bonds. The van der Waals surface area contributed by atoms with E-state index in [1.807, 2.05) is 36.4 Å². The lowest BCUT2D eigenvalue weighted by molar-refractivity contribution is 0.146. The Bertz CT molecular complexity index is 815. The van der Waals surface area contributed by atoms with E-state index in [9.17, 15) is 0 Å². The molecule has 26 heavy (non-hydrogen) atoms. The lowest BCUT2D eigenvalue weighted by atomic mass is 10.1. The van der Waals surface area contributed by atoms with Crippen molar-refractivity contribution in [2.45, 2.75) is 19.9 Å². The molecule has 0 aliphatic rings. The third kappa shape index (κ3) is 4.83. The fourth-order valence-corrected chi connectivity index (χ4v) is 2.45. The van der Waals surface area contributed by atoms with Gasteiger partial charge in [-0.1, -0.05) is 42.4 Å². The van der Waals surface area contributed by atoms with Crippen molar-refractivity contribution in [1.82, 2.24) is 10.1 Å². The lowest BCUT2D eigenvalue weighted by Crippen LogP contribution is -2.05. The van der Waals surface area contributed by atoms with E-state index < -0.39 is 0 Å². The molecule has 0 aliphatic heterocycles. The summed E-state index contributed by atoms with van der Waals surface area (Å²) in [6, 6.07) is 15.9. The Hall–Kier alpha value is -2.86. The van der Waals surface area contributed by atoms with Crippen molar-refractivity contribution in [3.63, 3.8) is 0 Å². The van der Waals surface area contributed by atoms with Crippen molar-refractivity contribution in [3.8, 4) is 17.1 Å². The predicted molar refractivity (Wildman–Crippen MR) is 100 cm³/mol. The maximum Gasteiger partial charge on any atom is 0.246 e. The fourth-order valence-electron chi connectivity index (χ4n) is 2.45. The molecule has 1 aromatic heterocycles. The van der Waals surface area contributed by atoms with Gasteiger partial charge in [0.05, 0.1) is 13.2 Å². The van der Waals surface area contributed by atoms with Crippen LogP contribution in [0.1, 0.15) is 18.4 Å². The number of benzene rings is 2. The molecule has 6 nitrogen and oxygen atoms in total. The highest BCUT2D eigenvalue weighted by Gasteiger charge is 2.08. The van der Waals surface area contributed by atoms with Crippen molar-refractivity contribution in [3.05, 3.63) is 60.0 Å². The average Bonchev–Trinajstić information content (AvgIpc) is 3.16. The zero-order chi connectivity index (χ0) is 18.2. The Labute approximate surface area is 153 Å². The van der Waals surface area contributed by atoms with Crippen LogP contribution in [0, 0.1) is 0 Å². The minimum Gasteiger partial charge on any atom is -0.491 e. The number of nitrogens with zero attached hydrogens (tertiary/aromatic N) is 2. The molecule has 0 bridgehead atoms. The molecule has 0 saturated heterocycles. The maximum atomic E-state index is 5.60. The monoisotopic (exact) mass is 353 g/mol. The summed E-state index contributed by atoms with van der Waals surface area (Å²) in [5, 5.41) is 7.32. The van der Waals surface area contributed by atoms with Crippen LogP contribution in [-0.2, 0) is 17.7 Å². The summed E-state index contributed by atoms with van der Waals surface area (Å²) in [6.45, 7) is 3.65. The third-order valence-electron chi connectivity index (χ3n) is 3.92. The minimum atomic E-state index is 0.446. The van der Waals surface area contributed by atoms with Crippen LogP contribution in [0.25, 0.3) is 11.4 Å². The molecule has 6 heteroatoms. The van der Waals surface area contributed by atoms with Crippen LogP contribution in [0.15, 0.2) is 53.1 Å².